The molecule has 0 fully saturated rings. The topological polar surface area (TPSA) is 58.6 Å². The minimum absolute atomic E-state index is 0.200. The van der Waals surface area contributed by atoms with E-state index in [2.05, 4.69) is 5.32 Å². The Bertz CT molecular complexity index is 1150. The lowest BCUT2D eigenvalue weighted by Crippen LogP contribution is -2.62. The van der Waals surface area contributed by atoms with Crippen LogP contribution in [-0.2, 0) is 24.3 Å². The van der Waals surface area contributed by atoms with Gasteiger partial charge in [-0.15, -0.1) is 0 Å². The van der Waals surface area contributed by atoms with Gasteiger partial charge in [-0.2, -0.15) is 0 Å². The smallest absolute Gasteiger partial charge is 0.255 e. The Morgan fingerprint density at radius 3 is 2.50 bits per heavy atom. The van der Waals surface area contributed by atoms with Crippen molar-refractivity contribution >= 4 is 11.8 Å². The second-order valence-electron chi connectivity index (χ2n) is 8.12. The first kappa shape index (κ1) is 21.6. The van der Waals surface area contributed by atoms with Gasteiger partial charge in [-0.05, 0) is 42.3 Å². The number of carbonyl (C=O) groups is 2. The standard InChI is InChI=1S/C26H25FN2O3/c1-26(25(31)28-16-20-8-4-6-10-23(20)32-2)15-19-7-3-5-9-22(19)24(30)29(26)17-18-11-13-21(27)14-12-18/h3-14H,15-17H2,1-2H3,(H,28,31)/t26-/m1/s1. The molecule has 0 saturated carbocycles. The van der Waals surface area contributed by atoms with Crippen molar-refractivity contribution in [3.63, 3.8) is 0 Å². The van der Waals surface area contributed by atoms with Gasteiger partial charge in [0.1, 0.15) is 17.1 Å². The van der Waals surface area contributed by atoms with E-state index in [1.807, 2.05) is 42.5 Å². The quantitative estimate of drug-likeness (QED) is 0.638. The Kier molecular flexibility index (Phi) is 5.95. The van der Waals surface area contributed by atoms with E-state index in [1.54, 1.807) is 37.1 Å². The summed E-state index contributed by atoms with van der Waals surface area (Å²) >= 11 is 0. The third-order valence-corrected chi connectivity index (χ3v) is 6.00. The molecule has 3 aromatic carbocycles. The summed E-state index contributed by atoms with van der Waals surface area (Å²) in [5, 5.41) is 2.99. The lowest BCUT2D eigenvalue weighted by Gasteiger charge is -2.44. The number of carbonyl (C=O) groups excluding carboxylic acids is 2. The highest BCUT2D eigenvalue weighted by Gasteiger charge is 2.46. The van der Waals surface area contributed by atoms with Gasteiger partial charge in [0, 0.05) is 30.6 Å². The van der Waals surface area contributed by atoms with E-state index >= 15 is 0 Å². The van der Waals surface area contributed by atoms with Gasteiger partial charge in [0.25, 0.3) is 5.91 Å². The lowest BCUT2D eigenvalue weighted by molar-refractivity contribution is -0.132. The molecular formula is C26H25FN2O3. The maximum Gasteiger partial charge on any atom is 0.255 e. The number of hydrogen-bond acceptors (Lipinski definition) is 3. The number of benzene rings is 3. The first-order valence-corrected chi connectivity index (χ1v) is 10.5. The minimum atomic E-state index is -1.11. The molecular weight excluding hydrogens is 407 g/mol. The largest absolute Gasteiger partial charge is 0.496 e. The van der Waals surface area contributed by atoms with Crippen LogP contribution >= 0.6 is 0 Å². The van der Waals surface area contributed by atoms with Crippen molar-refractivity contribution in [2.75, 3.05) is 7.11 Å². The molecule has 164 valence electrons. The summed E-state index contributed by atoms with van der Waals surface area (Å²) in [4.78, 5) is 28.5. The summed E-state index contributed by atoms with van der Waals surface area (Å²) in [5.41, 5.74) is 1.91. The number of ether oxygens (including phenoxy) is 1. The second-order valence-corrected chi connectivity index (χ2v) is 8.12. The van der Waals surface area contributed by atoms with Crippen LogP contribution < -0.4 is 10.1 Å². The van der Waals surface area contributed by atoms with Crippen LogP contribution in [0.4, 0.5) is 4.39 Å². The number of fused-ring (bicyclic) bond motifs is 1. The summed E-state index contributed by atoms with van der Waals surface area (Å²) in [6.45, 7) is 2.26. The maximum atomic E-state index is 13.5. The summed E-state index contributed by atoms with van der Waals surface area (Å²) in [7, 11) is 1.59. The van der Waals surface area contributed by atoms with Gasteiger partial charge in [0.05, 0.1) is 7.11 Å². The molecule has 0 radical (unpaired) electrons. The van der Waals surface area contributed by atoms with Crippen LogP contribution in [0.25, 0.3) is 0 Å². The first-order valence-electron chi connectivity index (χ1n) is 10.5. The Hall–Kier alpha value is -3.67. The number of halogens is 1. The highest BCUT2D eigenvalue weighted by atomic mass is 19.1. The van der Waals surface area contributed by atoms with Crippen LogP contribution in [0.15, 0.2) is 72.8 Å². The highest BCUT2D eigenvalue weighted by Crippen LogP contribution is 2.33. The van der Waals surface area contributed by atoms with Gasteiger partial charge >= 0.3 is 0 Å². The highest BCUT2D eigenvalue weighted by molar-refractivity contribution is 6.02. The molecule has 1 heterocycles. The van der Waals surface area contributed by atoms with Crippen molar-refractivity contribution in [2.24, 2.45) is 0 Å². The van der Waals surface area contributed by atoms with Crippen molar-refractivity contribution in [3.05, 3.63) is 101 Å². The van der Waals surface area contributed by atoms with Gasteiger partial charge < -0.3 is 15.0 Å². The van der Waals surface area contributed by atoms with Crippen LogP contribution in [0.3, 0.4) is 0 Å². The number of amides is 2. The fraction of sp³-hybridized carbons (Fsp3) is 0.231. The van der Waals surface area contributed by atoms with Gasteiger partial charge in [-0.25, -0.2) is 4.39 Å². The molecule has 2 amide bonds. The van der Waals surface area contributed by atoms with E-state index in [0.717, 1.165) is 16.7 Å². The minimum Gasteiger partial charge on any atom is -0.496 e. The van der Waals surface area contributed by atoms with Crippen molar-refractivity contribution in [1.29, 1.82) is 0 Å². The maximum absolute atomic E-state index is 13.5. The Morgan fingerprint density at radius 2 is 1.75 bits per heavy atom. The second kappa shape index (κ2) is 8.83. The van der Waals surface area contributed by atoms with Crippen molar-refractivity contribution in [1.82, 2.24) is 10.2 Å². The van der Waals surface area contributed by atoms with E-state index < -0.39 is 5.54 Å². The molecule has 3 aromatic rings. The zero-order valence-corrected chi connectivity index (χ0v) is 18.1. The van der Waals surface area contributed by atoms with Crippen molar-refractivity contribution in [2.45, 2.75) is 32.0 Å². The Labute approximate surface area is 186 Å². The van der Waals surface area contributed by atoms with Crippen molar-refractivity contribution < 1.29 is 18.7 Å². The molecule has 1 aliphatic rings. The molecule has 5 nitrogen and oxygen atoms in total. The molecule has 6 heteroatoms. The molecule has 1 N–H and O–H groups in total. The molecule has 1 atom stereocenters. The predicted octanol–water partition coefficient (Wildman–Crippen LogP) is 4.11. The average molecular weight is 432 g/mol. The van der Waals surface area contributed by atoms with E-state index in [9.17, 15) is 14.0 Å². The van der Waals surface area contributed by atoms with Crippen LogP contribution in [0.2, 0.25) is 0 Å². The molecule has 0 aromatic heterocycles. The number of nitrogens with one attached hydrogen (secondary N) is 1. The lowest BCUT2D eigenvalue weighted by atomic mass is 9.82. The molecule has 32 heavy (non-hydrogen) atoms. The summed E-state index contributed by atoms with van der Waals surface area (Å²) < 4.78 is 18.8. The number of hydrogen-bond donors (Lipinski definition) is 1. The van der Waals surface area contributed by atoms with Gasteiger partial charge in [-0.1, -0.05) is 48.5 Å². The molecule has 0 bridgehead atoms. The molecule has 0 aliphatic carbocycles. The zero-order valence-electron chi connectivity index (χ0n) is 18.1. The van der Waals surface area contributed by atoms with Crippen LogP contribution in [0, 0.1) is 5.82 Å². The Balaban J connectivity index is 1.64. The van der Waals surface area contributed by atoms with E-state index in [4.69, 9.17) is 4.74 Å². The normalized spacial score (nSPS) is 17.6. The van der Waals surface area contributed by atoms with Crippen molar-refractivity contribution in [3.8, 4) is 5.75 Å². The summed E-state index contributed by atoms with van der Waals surface area (Å²) in [6, 6.07) is 20.8. The molecule has 1 aliphatic heterocycles. The van der Waals surface area contributed by atoms with Gasteiger partial charge in [-0.3, -0.25) is 9.59 Å². The fourth-order valence-corrected chi connectivity index (χ4v) is 4.16. The van der Waals surface area contributed by atoms with E-state index in [0.29, 0.717) is 17.7 Å². The van der Waals surface area contributed by atoms with E-state index in [1.165, 1.54) is 12.1 Å². The number of methoxy groups -OCH3 is 1. The van der Waals surface area contributed by atoms with Gasteiger partial charge in [0.2, 0.25) is 5.91 Å². The predicted molar refractivity (Wildman–Crippen MR) is 120 cm³/mol. The third kappa shape index (κ3) is 4.08. The average Bonchev–Trinajstić information content (AvgIpc) is 2.81. The Morgan fingerprint density at radius 1 is 1.06 bits per heavy atom. The SMILES string of the molecule is COc1ccccc1CNC(=O)[C@@]1(C)Cc2ccccc2C(=O)N1Cc1ccc(F)cc1. The number of nitrogens with zero attached hydrogens (tertiary/aromatic N) is 1. The molecule has 0 saturated heterocycles. The number of rotatable bonds is 6. The third-order valence-electron chi connectivity index (χ3n) is 6.00. The first-order chi connectivity index (χ1) is 15.4. The van der Waals surface area contributed by atoms with Crippen LogP contribution in [0.5, 0.6) is 5.75 Å². The fourth-order valence-electron chi connectivity index (χ4n) is 4.16. The monoisotopic (exact) mass is 432 g/mol. The molecule has 4 rings (SSSR count). The molecule has 0 spiro atoms. The number of para-hydroxylation sites is 1. The van der Waals surface area contributed by atoms with Crippen LogP contribution in [0.1, 0.15) is 34.0 Å². The zero-order chi connectivity index (χ0) is 22.7. The van der Waals surface area contributed by atoms with Crippen LogP contribution in [-0.4, -0.2) is 29.4 Å². The molecule has 0 unspecified atom stereocenters. The van der Waals surface area contributed by atoms with E-state index in [-0.39, 0.29) is 30.7 Å². The summed E-state index contributed by atoms with van der Waals surface area (Å²) in [5.74, 6) is -0.132. The van der Waals surface area contributed by atoms with Gasteiger partial charge in [0.15, 0.2) is 0 Å². The summed E-state index contributed by atoms with van der Waals surface area (Å²) in [6.07, 6.45) is 0.383.